The van der Waals surface area contributed by atoms with E-state index in [2.05, 4.69) is 5.10 Å². The molecular weight excluding hydrogens is 382 g/mol. The average molecular weight is 407 g/mol. The first-order chi connectivity index (χ1) is 14.7. The highest BCUT2D eigenvalue weighted by molar-refractivity contribution is 6.02. The third-order valence-corrected chi connectivity index (χ3v) is 5.55. The summed E-state index contributed by atoms with van der Waals surface area (Å²) in [5.41, 5.74) is 2.24. The van der Waals surface area contributed by atoms with Gasteiger partial charge < -0.3 is 14.4 Å². The van der Waals surface area contributed by atoms with Crippen molar-refractivity contribution in [3.05, 3.63) is 65.9 Å². The number of hydrogen-bond donors (Lipinski definition) is 0. The Morgan fingerprint density at radius 2 is 1.73 bits per heavy atom. The van der Waals surface area contributed by atoms with E-state index in [1.807, 2.05) is 59.3 Å². The Kier molecular flexibility index (Phi) is 5.97. The van der Waals surface area contributed by atoms with E-state index in [9.17, 15) is 9.59 Å². The molecule has 2 aromatic carbocycles. The number of esters is 1. The number of carbonyl (C=O) groups excluding carboxylic acids is 2. The molecule has 3 aromatic rings. The SMILES string of the molecule is COC(=O)c1nn(CC2CCN(C(=O)OCc3ccccc3)CC2)c2ccccc12. The fraction of sp³-hybridized carbons (Fsp3) is 0.348. The van der Waals surface area contributed by atoms with E-state index in [1.54, 1.807) is 4.90 Å². The van der Waals surface area contributed by atoms with E-state index < -0.39 is 5.97 Å². The number of hydrogen-bond acceptors (Lipinski definition) is 5. The molecule has 0 N–H and O–H groups in total. The third-order valence-electron chi connectivity index (χ3n) is 5.55. The predicted molar refractivity (Wildman–Crippen MR) is 112 cm³/mol. The van der Waals surface area contributed by atoms with Crippen molar-refractivity contribution in [2.75, 3.05) is 20.2 Å². The lowest BCUT2D eigenvalue weighted by atomic mass is 9.97. The van der Waals surface area contributed by atoms with E-state index in [-0.39, 0.29) is 12.7 Å². The van der Waals surface area contributed by atoms with Gasteiger partial charge in [-0.05, 0) is 30.4 Å². The van der Waals surface area contributed by atoms with Gasteiger partial charge in [0.05, 0.1) is 12.6 Å². The molecular formula is C23H25N3O4. The zero-order chi connectivity index (χ0) is 20.9. The summed E-state index contributed by atoms with van der Waals surface area (Å²) >= 11 is 0. The molecule has 156 valence electrons. The standard InChI is InChI=1S/C23H25N3O4/c1-29-22(27)21-19-9-5-6-10-20(19)26(24-21)15-17-11-13-25(14-12-17)23(28)30-16-18-7-3-2-4-8-18/h2-10,17H,11-16H2,1H3. The number of aromatic nitrogens is 2. The summed E-state index contributed by atoms with van der Waals surface area (Å²) < 4.78 is 12.2. The number of likely N-dealkylation sites (tertiary alicyclic amines) is 1. The van der Waals surface area contributed by atoms with Crippen LogP contribution in [0.15, 0.2) is 54.6 Å². The van der Waals surface area contributed by atoms with Crippen molar-refractivity contribution in [3.63, 3.8) is 0 Å². The van der Waals surface area contributed by atoms with Gasteiger partial charge in [-0.15, -0.1) is 0 Å². The van der Waals surface area contributed by atoms with Gasteiger partial charge in [-0.1, -0.05) is 48.5 Å². The molecule has 4 rings (SSSR count). The normalized spacial score (nSPS) is 14.6. The predicted octanol–water partition coefficient (Wildman–Crippen LogP) is 3.87. The van der Waals surface area contributed by atoms with Crippen molar-refractivity contribution in [2.24, 2.45) is 5.92 Å². The van der Waals surface area contributed by atoms with E-state index in [1.165, 1.54) is 7.11 Å². The van der Waals surface area contributed by atoms with Crippen LogP contribution in [0.1, 0.15) is 28.9 Å². The van der Waals surface area contributed by atoms with Crippen molar-refractivity contribution < 1.29 is 19.1 Å². The van der Waals surface area contributed by atoms with Crippen molar-refractivity contribution in [2.45, 2.75) is 26.0 Å². The Labute approximate surface area is 175 Å². The van der Waals surface area contributed by atoms with Crippen LogP contribution in [0.3, 0.4) is 0 Å². The maximum absolute atomic E-state index is 12.4. The van der Waals surface area contributed by atoms with Crippen LogP contribution in [0.25, 0.3) is 10.9 Å². The van der Waals surface area contributed by atoms with E-state index in [0.29, 0.717) is 31.2 Å². The topological polar surface area (TPSA) is 73.7 Å². The Balaban J connectivity index is 1.35. The monoisotopic (exact) mass is 407 g/mol. The molecule has 30 heavy (non-hydrogen) atoms. The third kappa shape index (κ3) is 4.30. The summed E-state index contributed by atoms with van der Waals surface area (Å²) in [5, 5.41) is 5.31. The van der Waals surface area contributed by atoms with Crippen molar-refractivity contribution in [3.8, 4) is 0 Å². The van der Waals surface area contributed by atoms with E-state index >= 15 is 0 Å². The lowest BCUT2D eigenvalue weighted by Gasteiger charge is -2.31. The number of para-hydroxylation sites is 1. The van der Waals surface area contributed by atoms with Crippen molar-refractivity contribution in [1.29, 1.82) is 0 Å². The van der Waals surface area contributed by atoms with E-state index in [0.717, 1.165) is 29.3 Å². The Morgan fingerprint density at radius 3 is 2.47 bits per heavy atom. The smallest absolute Gasteiger partial charge is 0.410 e. The first kappa shape index (κ1) is 19.9. The molecule has 0 aliphatic carbocycles. The molecule has 1 aromatic heterocycles. The van der Waals surface area contributed by atoms with Crippen LogP contribution in [0.2, 0.25) is 0 Å². The summed E-state index contributed by atoms with van der Waals surface area (Å²) in [6.45, 7) is 2.29. The quantitative estimate of drug-likeness (QED) is 0.600. The minimum absolute atomic E-state index is 0.269. The Bertz CT molecular complexity index is 1020. The molecule has 0 bridgehead atoms. The highest BCUT2D eigenvalue weighted by Gasteiger charge is 2.26. The molecule has 0 radical (unpaired) electrons. The molecule has 1 aliphatic heterocycles. The molecule has 1 aliphatic rings. The summed E-state index contributed by atoms with van der Waals surface area (Å²) in [6.07, 6.45) is 1.46. The van der Waals surface area contributed by atoms with Gasteiger partial charge in [0.2, 0.25) is 0 Å². The zero-order valence-corrected chi connectivity index (χ0v) is 17.0. The maximum Gasteiger partial charge on any atom is 0.410 e. The number of amides is 1. The maximum atomic E-state index is 12.4. The van der Waals surface area contributed by atoms with Crippen LogP contribution in [-0.4, -0.2) is 46.9 Å². The van der Waals surface area contributed by atoms with Gasteiger partial charge in [0.15, 0.2) is 5.69 Å². The molecule has 7 nitrogen and oxygen atoms in total. The summed E-state index contributed by atoms with van der Waals surface area (Å²) in [7, 11) is 1.36. The molecule has 1 fully saturated rings. The number of piperidine rings is 1. The second-order valence-electron chi connectivity index (χ2n) is 7.51. The second-order valence-corrected chi connectivity index (χ2v) is 7.51. The van der Waals surface area contributed by atoms with Gasteiger partial charge in [0.1, 0.15) is 6.61 Å². The molecule has 2 heterocycles. The van der Waals surface area contributed by atoms with Gasteiger partial charge >= 0.3 is 12.1 Å². The first-order valence-corrected chi connectivity index (χ1v) is 10.1. The molecule has 1 saturated heterocycles. The lowest BCUT2D eigenvalue weighted by Crippen LogP contribution is -2.39. The van der Waals surface area contributed by atoms with Gasteiger partial charge in [-0.2, -0.15) is 5.10 Å². The highest BCUT2D eigenvalue weighted by Crippen LogP contribution is 2.24. The Morgan fingerprint density at radius 1 is 1.03 bits per heavy atom. The van der Waals surface area contributed by atoms with Crippen LogP contribution in [0.4, 0.5) is 4.79 Å². The van der Waals surface area contributed by atoms with Crippen LogP contribution < -0.4 is 0 Å². The number of ether oxygens (including phenoxy) is 2. The van der Waals surface area contributed by atoms with E-state index in [4.69, 9.17) is 9.47 Å². The molecule has 7 heteroatoms. The van der Waals surface area contributed by atoms with Gasteiger partial charge in [0.25, 0.3) is 0 Å². The minimum atomic E-state index is -0.430. The number of rotatable bonds is 5. The van der Waals surface area contributed by atoms with Crippen LogP contribution in [-0.2, 0) is 22.6 Å². The fourth-order valence-electron chi connectivity index (χ4n) is 3.87. The van der Waals surface area contributed by atoms with Crippen LogP contribution in [0, 0.1) is 5.92 Å². The summed E-state index contributed by atoms with van der Waals surface area (Å²) in [5.74, 6) is -0.0575. The van der Waals surface area contributed by atoms with Crippen LogP contribution in [0.5, 0.6) is 0 Å². The zero-order valence-electron chi connectivity index (χ0n) is 17.0. The van der Waals surface area contributed by atoms with Crippen molar-refractivity contribution >= 4 is 23.0 Å². The second kappa shape index (κ2) is 8.98. The summed E-state index contributed by atoms with van der Waals surface area (Å²) in [6, 6.07) is 17.4. The molecule has 0 unspecified atom stereocenters. The summed E-state index contributed by atoms with van der Waals surface area (Å²) in [4.78, 5) is 26.2. The largest absolute Gasteiger partial charge is 0.464 e. The number of benzene rings is 2. The molecule has 0 atom stereocenters. The van der Waals surface area contributed by atoms with Gasteiger partial charge in [0, 0.05) is 25.0 Å². The molecule has 1 amide bonds. The number of nitrogens with zero attached hydrogens (tertiary/aromatic N) is 3. The molecule has 0 spiro atoms. The minimum Gasteiger partial charge on any atom is -0.464 e. The first-order valence-electron chi connectivity index (χ1n) is 10.1. The number of fused-ring (bicyclic) bond motifs is 1. The average Bonchev–Trinajstić information content (AvgIpc) is 3.16. The number of carbonyl (C=O) groups is 2. The fourth-order valence-corrected chi connectivity index (χ4v) is 3.87. The highest BCUT2D eigenvalue weighted by atomic mass is 16.6. The van der Waals surface area contributed by atoms with Crippen LogP contribution >= 0.6 is 0 Å². The lowest BCUT2D eigenvalue weighted by molar-refractivity contribution is 0.0593. The Hall–Kier alpha value is -3.35. The number of methoxy groups -OCH3 is 1. The van der Waals surface area contributed by atoms with Gasteiger partial charge in [-0.3, -0.25) is 4.68 Å². The van der Waals surface area contributed by atoms with Crippen molar-refractivity contribution in [1.82, 2.24) is 14.7 Å². The molecule has 0 saturated carbocycles. The van der Waals surface area contributed by atoms with Gasteiger partial charge in [-0.25, -0.2) is 9.59 Å².